The molecule has 1 aromatic carbocycles. The molecule has 0 aliphatic heterocycles. The number of aromatic amines is 1. The van der Waals surface area contributed by atoms with Crippen LogP contribution in [0.4, 0.5) is 5.69 Å². The molecule has 3 N–H and O–H groups in total. The Hall–Kier alpha value is -2.50. The fourth-order valence-electron chi connectivity index (χ4n) is 1.44. The van der Waals surface area contributed by atoms with Crippen LogP contribution in [0.15, 0.2) is 30.5 Å². The number of ether oxygens (including phenoxy) is 2. The maximum atomic E-state index is 11.6. The van der Waals surface area contributed by atoms with E-state index in [1.54, 1.807) is 13.2 Å². The quantitative estimate of drug-likeness (QED) is 0.796. The van der Waals surface area contributed by atoms with Crippen LogP contribution in [-0.4, -0.2) is 23.3 Å². The van der Waals surface area contributed by atoms with Gasteiger partial charge in [0.05, 0.1) is 19.0 Å². The van der Waals surface area contributed by atoms with Gasteiger partial charge in [-0.15, -0.1) is 0 Å². The Kier molecular flexibility index (Phi) is 3.47. The van der Waals surface area contributed by atoms with Crippen molar-refractivity contribution in [1.29, 1.82) is 0 Å². The summed E-state index contributed by atoms with van der Waals surface area (Å²) in [5, 5.41) is 6.14. The van der Waals surface area contributed by atoms with E-state index < -0.39 is 5.97 Å². The number of carbonyl (C=O) groups is 1. The first kappa shape index (κ1) is 12.0. The molecule has 0 bridgehead atoms. The van der Waals surface area contributed by atoms with Gasteiger partial charge in [0.1, 0.15) is 12.4 Å². The summed E-state index contributed by atoms with van der Waals surface area (Å²) in [7, 11) is 1.58. The number of nitrogen functional groups attached to an aromatic ring is 1. The maximum Gasteiger partial charge on any atom is 0.358 e. The predicted molar refractivity (Wildman–Crippen MR) is 65.1 cm³/mol. The minimum atomic E-state index is -0.534. The SMILES string of the molecule is COc1cccc(COC(=O)c2[nH]ncc2N)c1. The number of hydrogen-bond acceptors (Lipinski definition) is 5. The number of rotatable bonds is 4. The molecule has 2 rings (SSSR count). The van der Waals surface area contributed by atoms with Gasteiger partial charge in [-0.1, -0.05) is 12.1 Å². The van der Waals surface area contributed by atoms with Crippen molar-refractivity contribution in [2.24, 2.45) is 0 Å². The average molecular weight is 247 g/mol. The van der Waals surface area contributed by atoms with Crippen molar-refractivity contribution in [3.63, 3.8) is 0 Å². The minimum absolute atomic E-state index is 0.147. The van der Waals surface area contributed by atoms with Gasteiger partial charge in [0.2, 0.25) is 0 Å². The summed E-state index contributed by atoms with van der Waals surface area (Å²) in [4.78, 5) is 11.6. The summed E-state index contributed by atoms with van der Waals surface area (Å²) < 4.78 is 10.2. The summed E-state index contributed by atoms with van der Waals surface area (Å²) in [5.41, 5.74) is 6.81. The number of aromatic nitrogens is 2. The van der Waals surface area contributed by atoms with Gasteiger partial charge in [-0.3, -0.25) is 5.10 Å². The molecule has 0 unspecified atom stereocenters. The van der Waals surface area contributed by atoms with E-state index in [2.05, 4.69) is 10.2 Å². The fourth-order valence-corrected chi connectivity index (χ4v) is 1.44. The van der Waals surface area contributed by atoms with E-state index in [-0.39, 0.29) is 18.0 Å². The molecule has 2 aromatic rings. The highest BCUT2D eigenvalue weighted by Gasteiger charge is 2.13. The molecule has 6 nitrogen and oxygen atoms in total. The Morgan fingerprint density at radius 3 is 3.00 bits per heavy atom. The zero-order valence-corrected chi connectivity index (χ0v) is 9.84. The topological polar surface area (TPSA) is 90.2 Å². The molecular formula is C12H13N3O3. The van der Waals surface area contributed by atoms with Crippen LogP contribution >= 0.6 is 0 Å². The molecule has 0 aliphatic carbocycles. The van der Waals surface area contributed by atoms with E-state index in [0.717, 1.165) is 5.56 Å². The molecule has 0 atom stereocenters. The highest BCUT2D eigenvalue weighted by Crippen LogP contribution is 2.14. The normalized spacial score (nSPS) is 10.1. The van der Waals surface area contributed by atoms with Crippen LogP contribution in [0.25, 0.3) is 0 Å². The molecule has 94 valence electrons. The monoisotopic (exact) mass is 247 g/mol. The number of nitrogens with one attached hydrogen (secondary N) is 1. The Morgan fingerprint density at radius 1 is 1.50 bits per heavy atom. The van der Waals surface area contributed by atoms with Crippen molar-refractivity contribution < 1.29 is 14.3 Å². The van der Waals surface area contributed by atoms with Crippen LogP contribution in [0, 0.1) is 0 Å². The third kappa shape index (κ3) is 2.60. The van der Waals surface area contributed by atoms with Crippen molar-refractivity contribution in [2.45, 2.75) is 6.61 Å². The smallest absolute Gasteiger partial charge is 0.358 e. The lowest BCUT2D eigenvalue weighted by atomic mass is 10.2. The summed E-state index contributed by atoms with van der Waals surface area (Å²) in [6.07, 6.45) is 1.36. The van der Waals surface area contributed by atoms with E-state index in [1.807, 2.05) is 18.2 Å². The number of esters is 1. The van der Waals surface area contributed by atoms with E-state index in [1.165, 1.54) is 6.20 Å². The molecule has 0 fully saturated rings. The number of benzene rings is 1. The van der Waals surface area contributed by atoms with E-state index in [9.17, 15) is 4.79 Å². The van der Waals surface area contributed by atoms with Crippen LogP contribution < -0.4 is 10.5 Å². The van der Waals surface area contributed by atoms with Crippen molar-refractivity contribution in [2.75, 3.05) is 12.8 Å². The first-order valence-corrected chi connectivity index (χ1v) is 5.29. The molecule has 0 radical (unpaired) electrons. The molecule has 1 aromatic heterocycles. The van der Waals surface area contributed by atoms with Crippen LogP contribution in [0.3, 0.4) is 0 Å². The third-order valence-corrected chi connectivity index (χ3v) is 2.38. The van der Waals surface area contributed by atoms with Crippen molar-refractivity contribution in [3.05, 3.63) is 41.7 Å². The second-order valence-electron chi connectivity index (χ2n) is 3.63. The van der Waals surface area contributed by atoms with Crippen molar-refractivity contribution in [1.82, 2.24) is 10.2 Å². The van der Waals surface area contributed by atoms with Crippen molar-refractivity contribution >= 4 is 11.7 Å². The fraction of sp³-hybridized carbons (Fsp3) is 0.167. The molecule has 18 heavy (non-hydrogen) atoms. The van der Waals surface area contributed by atoms with Gasteiger partial charge in [-0.2, -0.15) is 5.10 Å². The third-order valence-electron chi connectivity index (χ3n) is 2.38. The van der Waals surface area contributed by atoms with Gasteiger partial charge in [-0.05, 0) is 17.7 Å². The van der Waals surface area contributed by atoms with Crippen LogP contribution in [0.1, 0.15) is 16.1 Å². The number of H-pyrrole nitrogens is 1. The Labute approximate surface area is 104 Å². The molecule has 6 heteroatoms. The van der Waals surface area contributed by atoms with Crippen LogP contribution in [0.2, 0.25) is 0 Å². The number of carbonyl (C=O) groups excluding carboxylic acids is 1. The average Bonchev–Trinajstić information content (AvgIpc) is 2.82. The number of methoxy groups -OCH3 is 1. The largest absolute Gasteiger partial charge is 0.497 e. The summed E-state index contributed by atoms with van der Waals surface area (Å²) in [5.74, 6) is 0.178. The summed E-state index contributed by atoms with van der Waals surface area (Å²) in [6, 6.07) is 7.28. The van der Waals surface area contributed by atoms with Gasteiger partial charge in [0.25, 0.3) is 0 Å². The molecule has 0 amide bonds. The van der Waals surface area contributed by atoms with Gasteiger partial charge >= 0.3 is 5.97 Å². The molecule has 0 saturated heterocycles. The van der Waals surface area contributed by atoms with Crippen molar-refractivity contribution in [3.8, 4) is 5.75 Å². The van der Waals surface area contributed by atoms with Crippen LogP contribution in [0.5, 0.6) is 5.75 Å². The standard InChI is InChI=1S/C12H13N3O3/c1-17-9-4-2-3-8(5-9)7-18-12(16)11-10(13)6-14-15-11/h2-6H,7,13H2,1H3,(H,14,15). The number of nitrogens with zero attached hydrogens (tertiary/aromatic N) is 1. The minimum Gasteiger partial charge on any atom is -0.497 e. The summed E-state index contributed by atoms with van der Waals surface area (Å²) >= 11 is 0. The lowest BCUT2D eigenvalue weighted by Gasteiger charge is -2.05. The van der Waals surface area contributed by atoms with Crippen LogP contribution in [-0.2, 0) is 11.3 Å². The molecule has 1 heterocycles. The first-order chi connectivity index (χ1) is 8.70. The number of hydrogen-bond donors (Lipinski definition) is 2. The predicted octanol–water partition coefficient (Wildman–Crippen LogP) is 1.36. The molecule has 0 saturated carbocycles. The Morgan fingerprint density at radius 2 is 2.33 bits per heavy atom. The second kappa shape index (κ2) is 5.22. The van der Waals surface area contributed by atoms with E-state index in [0.29, 0.717) is 5.75 Å². The Bertz CT molecular complexity index is 551. The maximum absolute atomic E-state index is 11.6. The zero-order valence-electron chi connectivity index (χ0n) is 9.84. The molecule has 0 aliphatic rings. The first-order valence-electron chi connectivity index (χ1n) is 5.29. The highest BCUT2D eigenvalue weighted by atomic mass is 16.5. The lowest BCUT2D eigenvalue weighted by molar-refractivity contribution is 0.0466. The van der Waals surface area contributed by atoms with Gasteiger partial charge < -0.3 is 15.2 Å². The number of nitrogens with two attached hydrogens (primary N) is 1. The second-order valence-corrected chi connectivity index (χ2v) is 3.63. The number of anilines is 1. The molecule has 0 spiro atoms. The summed E-state index contributed by atoms with van der Waals surface area (Å²) in [6.45, 7) is 0.147. The Balaban J connectivity index is 1.99. The zero-order chi connectivity index (χ0) is 13.0. The van der Waals surface area contributed by atoms with Gasteiger partial charge in [0.15, 0.2) is 5.69 Å². The molecular weight excluding hydrogens is 234 g/mol. The lowest BCUT2D eigenvalue weighted by Crippen LogP contribution is -2.08. The van der Waals surface area contributed by atoms with E-state index in [4.69, 9.17) is 15.2 Å². The van der Waals surface area contributed by atoms with Gasteiger partial charge in [0, 0.05) is 0 Å². The highest BCUT2D eigenvalue weighted by molar-refractivity contribution is 5.92. The van der Waals surface area contributed by atoms with E-state index >= 15 is 0 Å². The van der Waals surface area contributed by atoms with Gasteiger partial charge in [-0.25, -0.2) is 4.79 Å².